The van der Waals surface area contributed by atoms with Gasteiger partial charge in [-0.15, -0.1) is 0 Å². The van der Waals surface area contributed by atoms with Crippen LogP contribution in [0, 0.1) is 12.3 Å². The van der Waals surface area contributed by atoms with E-state index in [1.54, 1.807) is 6.07 Å². The van der Waals surface area contributed by atoms with Gasteiger partial charge in [0.2, 0.25) is 5.91 Å². The Morgan fingerprint density at radius 2 is 1.78 bits per heavy atom. The van der Waals surface area contributed by atoms with E-state index >= 15 is 0 Å². The molecule has 1 atom stereocenters. The molecule has 0 aromatic heterocycles. The molecule has 0 saturated carbocycles. The van der Waals surface area contributed by atoms with E-state index in [0.29, 0.717) is 17.8 Å². The molecule has 2 aromatic rings. The molecule has 0 saturated heterocycles. The Bertz CT molecular complexity index is 965. The fourth-order valence-corrected chi connectivity index (χ4v) is 3.90. The first-order chi connectivity index (χ1) is 15.2. The molecule has 1 aliphatic heterocycles. The predicted molar refractivity (Wildman–Crippen MR) is 131 cm³/mol. The second-order valence-electron chi connectivity index (χ2n) is 9.70. The molecule has 0 spiro atoms. The number of carbonyl (C=O) groups is 2. The number of amides is 3. The minimum atomic E-state index is -0.232. The first-order valence-electron chi connectivity index (χ1n) is 11.4. The highest BCUT2D eigenvalue weighted by Crippen LogP contribution is 2.25. The zero-order valence-corrected chi connectivity index (χ0v) is 19.9. The van der Waals surface area contributed by atoms with Crippen molar-refractivity contribution in [2.45, 2.75) is 60.0 Å². The van der Waals surface area contributed by atoms with Crippen LogP contribution in [-0.4, -0.2) is 36.0 Å². The van der Waals surface area contributed by atoms with Crippen LogP contribution in [0.5, 0.6) is 0 Å². The van der Waals surface area contributed by atoms with Gasteiger partial charge in [-0.1, -0.05) is 58.0 Å². The van der Waals surface area contributed by atoms with Gasteiger partial charge in [-0.25, -0.2) is 4.79 Å². The molecule has 0 bridgehead atoms. The second kappa shape index (κ2) is 10.2. The fourth-order valence-electron chi connectivity index (χ4n) is 3.90. The molecular weight excluding hydrogens is 400 g/mol. The van der Waals surface area contributed by atoms with Crippen molar-refractivity contribution in [3.63, 3.8) is 0 Å². The summed E-state index contributed by atoms with van der Waals surface area (Å²) in [5.74, 6) is -0.0554. The van der Waals surface area contributed by atoms with Crippen molar-refractivity contribution in [1.29, 1.82) is 0 Å². The Morgan fingerprint density at radius 1 is 1.06 bits per heavy atom. The minimum absolute atomic E-state index is 0.0176. The lowest BCUT2D eigenvalue weighted by Gasteiger charge is -2.38. The molecule has 2 aromatic carbocycles. The molecule has 32 heavy (non-hydrogen) atoms. The monoisotopic (exact) mass is 436 g/mol. The number of aryl methyl sites for hydroxylation is 1. The molecule has 1 aliphatic rings. The number of hydrogen-bond acceptors (Lipinski definition) is 3. The number of anilines is 2. The summed E-state index contributed by atoms with van der Waals surface area (Å²) >= 11 is 0. The second-order valence-corrected chi connectivity index (χ2v) is 9.70. The smallest absolute Gasteiger partial charge is 0.319 e. The van der Waals surface area contributed by atoms with Crippen molar-refractivity contribution in [2.24, 2.45) is 5.41 Å². The first kappa shape index (κ1) is 23.8. The highest BCUT2D eigenvalue weighted by Gasteiger charge is 2.29. The highest BCUT2D eigenvalue weighted by molar-refractivity contribution is 5.94. The van der Waals surface area contributed by atoms with Gasteiger partial charge in [0.1, 0.15) is 0 Å². The van der Waals surface area contributed by atoms with Gasteiger partial charge in [-0.3, -0.25) is 9.69 Å². The van der Waals surface area contributed by atoms with Crippen LogP contribution >= 0.6 is 0 Å². The number of carbonyl (C=O) groups excluding carboxylic acids is 2. The third-order valence-corrected chi connectivity index (χ3v) is 6.09. The summed E-state index contributed by atoms with van der Waals surface area (Å²) in [5.41, 5.74) is 5.01. The van der Waals surface area contributed by atoms with E-state index in [1.165, 1.54) is 11.1 Å². The highest BCUT2D eigenvalue weighted by atomic mass is 16.2. The number of rotatable bonds is 6. The van der Waals surface area contributed by atoms with Gasteiger partial charge in [-0.2, -0.15) is 0 Å². The largest absolute Gasteiger partial charge is 0.333 e. The SMILES string of the molecule is CCC(=O)Nc1ccc(C)c(NC(=O)N[C@H](CN2CCc3ccccc3C2)C(C)(C)C)c1. The van der Waals surface area contributed by atoms with Crippen molar-refractivity contribution in [2.75, 3.05) is 23.7 Å². The average molecular weight is 437 g/mol. The number of benzene rings is 2. The third kappa shape index (κ3) is 6.33. The summed E-state index contributed by atoms with van der Waals surface area (Å²) < 4.78 is 0. The normalized spacial score (nSPS) is 14.9. The maximum Gasteiger partial charge on any atom is 0.319 e. The first-order valence-corrected chi connectivity index (χ1v) is 11.4. The van der Waals surface area contributed by atoms with Gasteiger partial charge in [0.05, 0.1) is 0 Å². The number of urea groups is 1. The van der Waals surface area contributed by atoms with E-state index in [1.807, 2.05) is 26.0 Å². The molecule has 0 aliphatic carbocycles. The number of nitrogens with one attached hydrogen (secondary N) is 3. The molecule has 1 heterocycles. The molecule has 0 fully saturated rings. The fraction of sp³-hybridized carbons (Fsp3) is 0.462. The molecule has 6 nitrogen and oxygen atoms in total. The minimum Gasteiger partial charge on any atom is -0.333 e. The Labute approximate surface area is 191 Å². The zero-order chi connectivity index (χ0) is 23.3. The van der Waals surface area contributed by atoms with Crippen LogP contribution in [0.4, 0.5) is 16.2 Å². The summed E-state index contributed by atoms with van der Waals surface area (Å²) in [6, 6.07) is 13.9. The number of fused-ring (bicyclic) bond motifs is 1. The summed E-state index contributed by atoms with van der Waals surface area (Å²) in [5, 5.41) is 9.02. The van der Waals surface area contributed by atoms with E-state index in [0.717, 1.165) is 31.6 Å². The van der Waals surface area contributed by atoms with Crippen molar-refractivity contribution in [3.05, 3.63) is 59.2 Å². The van der Waals surface area contributed by atoms with Gasteiger partial charge < -0.3 is 16.0 Å². The predicted octanol–water partition coefficient (Wildman–Crippen LogP) is 4.94. The van der Waals surface area contributed by atoms with Crippen LogP contribution in [-0.2, 0) is 17.8 Å². The summed E-state index contributed by atoms with van der Waals surface area (Å²) in [6.07, 6.45) is 1.44. The molecule has 0 radical (unpaired) electrons. The lowest BCUT2D eigenvalue weighted by atomic mass is 9.86. The maximum atomic E-state index is 12.9. The van der Waals surface area contributed by atoms with Gasteiger partial charge in [0.15, 0.2) is 0 Å². The molecule has 6 heteroatoms. The summed E-state index contributed by atoms with van der Waals surface area (Å²) in [7, 11) is 0. The lowest BCUT2D eigenvalue weighted by Crippen LogP contribution is -2.52. The average Bonchev–Trinajstić information content (AvgIpc) is 2.74. The van der Waals surface area contributed by atoms with Gasteiger partial charge >= 0.3 is 6.03 Å². The topological polar surface area (TPSA) is 73.5 Å². The van der Waals surface area contributed by atoms with Crippen LogP contribution in [0.15, 0.2) is 42.5 Å². The van der Waals surface area contributed by atoms with E-state index in [-0.39, 0.29) is 23.4 Å². The van der Waals surface area contributed by atoms with Crippen molar-refractivity contribution in [1.82, 2.24) is 10.2 Å². The maximum absolute atomic E-state index is 12.9. The Balaban J connectivity index is 1.66. The standard InChI is InChI=1S/C26H36N4O2/c1-6-24(31)27-21-12-11-18(2)22(15-21)28-25(32)29-23(26(3,4)5)17-30-14-13-19-9-7-8-10-20(19)16-30/h7-12,15,23H,6,13-14,16-17H2,1-5H3,(H,27,31)(H2,28,29,32)/t23-/m1/s1. The molecular formula is C26H36N4O2. The molecule has 172 valence electrons. The Morgan fingerprint density at radius 3 is 2.47 bits per heavy atom. The van der Waals surface area contributed by atoms with Gasteiger partial charge in [0, 0.05) is 43.5 Å². The van der Waals surface area contributed by atoms with Crippen LogP contribution < -0.4 is 16.0 Å². The lowest BCUT2D eigenvalue weighted by molar-refractivity contribution is -0.115. The van der Waals surface area contributed by atoms with E-state index < -0.39 is 0 Å². The van der Waals surface area contributed by atoms with Crippen molar-refractivity contribution in [3.8, 4) is 0 Å². The van der Waals surface area contributed by atoms with Gasteiger partial charge in [-0.05, 0) is 47.6 Å². The number of hydrogen-bond donors (Lipinski definition) is 3. The third-order valence-electron chi connectivity index (χ3n) is 6.09. The molecule has 3 rings (SSSR count). The van der Waals surface area contributed by atoms with Crippen LogP contribution in [0.3, 0.4) is 0 Å². The number of nitrogens with zero attached hydrogens (tertiary/aromatic N) is 1. The zero-order valence-electron chi connectivity index (χ0n) is 19.9. The van der Waals surface area contributed by atoms with E-state index in [9.17, 15) is 9.59 Å². The summed E-state index contributed by atoms with van der Waals surface area (Å²) in [4.78, 5) is 27.1. The molecule has 0 unspecified atom stereocenters. The van der Waals surface area contributed by atoms with Crippen LogP contribution in [0.1, 0.15) is 50.8 Å². The quantitative estimate of drug-likeness (QED) is 0.601. The van der Waals surface area contributed by atoms with Crippen molar-refractivity contribution < 1.29 is 9.59 Å². The molecule has 3 N–H and O–H groups in total. The molecule has 3 amide bonds. The van der Waals surface area contributed by atoms with Crippen LogP contribution in [0.2, 0.25) is 0 Å². The summed E-state index contributed by atoms with van der Waals surface area (Å²) in [6.45, 7) is 12.9. The van der Waals surface area contributed by atoms with Gasteiger partial charge in [0.25, 0.3) is 0 Å². The van der Waals surface area contributed by atoms with E-state index in [4.69, 9.17) is 0 Å². The Hall–Kier alpha value is -2.86. The van der Waals surface area contributed by atoms with E-state index in [2.05, 4.69) is 65.9 Å². The Kier molecular flexibility index (Phi) is 7.56. The van der Waals surface area contributed by atoms with Crippen LogP contribution in [0.25, 0.3) is 0 Å². The van der Waals surface area contributed by atoms with Crippen molar-refractivity contribution >= 4 is 23.3 Å².